The van der Waals surface area contributed by atoms with Crippen LogP contribution in [0.4, 0.5) is 5.69 Å². The van der Waals surface area contributed by atoms with E-state index in [0.29, 0.717) is 10.1 Å². The molecule has 1 fully saturated rings. The summed E-state index contributed by atoms with van der Waals surface area (Å²) in [6.07, 6.45) is 3.46. The van der Waals surface area contributed by atoms with Crippen molar-refractivity contribution in [3.8, 4) is 5.75 Å². The van der Waals surface area contributed by atoms with Gasteiger partial charge in [-0.25, -0.2) is 0 Å². The minimum Gasteiger partial charge on any atom is -0.496 e. The monoisotopic (exact) mass is 458 g/mol. The Morgan fingerprint density at radius 1 is 1.14 bits per heavy atom. The summed E-state index contributed by atoms with van der Waals surface area (Å²) in [5.41, 5.74) is 2.93. The Morgan fingerprint density at radius 3 is 2.50 bits per heavy atom. The lowest BCUT2D eigenvalue weighted by Gasteiger charge is -2.11. The summed E-state index contributed by atoms with van der Waals surface area (Å²) >= 11 is 4.70. The molecule has 144 valence electrons. The van der Waals surface area contributed by atoms with Crippen LogP contribution in [-0.4, -0.2) is 38.5 Å². The quantitative estimate of drug-likeness (QED) is 0.415. The Bertz CT molecular complexity index is 969. The third kappa shape index (κ3) is 5.02. The Hall–Kier alpha value is -2.58. The predicted molar refractivity (Wildman–Crippen MR) is 120 cm³/mol. The topological polar surface area (TPSA) is 66.3 Å². The molecule has 0 spiro atoms. The Balaban J connectivity index is 1.68. The van der Waals surface area contributed by atoms with Gasteiger partial charge in [-0.05, 0) is 69.2 Å². The van der Waals surface area contributed by atoms with E-state index in [4.69, 9.17) is 4.74 Å². The van der Waals surface area contributed by atoms with Crippen LogP contribution >= 0.6 is 27.7 Å². The number of nitrogens with one attached hydrogen (secondary N) is 1. The molecule has 8 heteroatoms. The molecule has 0 radical (unpaired) electrons. The highest BCUT2D eigenvalue weighted by atomic mass is 79.9. The van der Waals surface area contributed by atoms with Crippen molar-refractivity contribution in [1.82, 2.24) is 5.32 Å². The first-order chi connectivity index (χ1) is 13.5. The standard InChI is InChI=1S/C20H19BrN4O2S/c1-25(2)15-7-4-13(5-8-15)12-22-24-20-23-19(26)18(28-20)11-14-6-9-17(27-3)16(21)10-14/h4-12H,1-3H3,(H,23,24,26)/b18-11+,22-12+. The van der Waals surface area contributed by atoms with Crippen LogP contribution in [0.1, 0.15) is 11.1 Å². The molecule has 28 heavy (non-hydrogen) atoms. The Morgan fingerprint density at radius 2 is 1.86 bits per heavy atom. The van der Waals surface area contributed by atoms with Gasteiger partial charge in [-0.3, -0.25) is 10.1 Å². The molecular formula is C20H19BrN4O2S. The average Bonchev–Trinajstić information content (AvgIpc) is 3.01. The summed E-state index contributed by atoms with van der Waals surface area (Å²) in [6, 6.07) is 13.6. The van der Waals surface area contributed by atoms with Crippen LogP contribution in [0.25, 0.3) is 6.08 Å². The van der Waals surface area contributed by atoms with Crippen molar-refractivity contribution in [2.45, 2.75) is 0 Å². The van der Waals surface area contributed by atoms with E-state index in [1.165, 1.54) is 11.8 Å². The molecule has 1 aliphatic heterocycles. The number of amidine groups is 1. The number of benzene rings is 2. The van der Waals surface area contributed by atoms with Gasteiger partial charge in [0.25, 0.3) is 5.91 Å². The normalized spacial score (nSPS) is 16.8. The molecule has 0 aromatic heterocycles. The number of methoxy groups -OCH3 is 1. The summed E-state index contributed by atoms with van der Waals surface area (Å²) < 4.78 is 6.04. The van der Waals surface area contributed by atoms with E-state index in [2.05, 4.69) is 31.4 Å². The third-order valence-corrected chi connectivity index (χ3v) is 5.41. The molecule has 2 aromatic carbocycles. The summed E-state index contributed by atoms with van der Waals surface area (Å²) in [6.45, 7) is 0. The number of amides is 1. The van der Waals surface area contributed by atoms with E-state index >= 15 is 0 Å². The Labute approximate surface area is 176 Å². The predicted octanol–water partition coefficient (Wildman–Crippen LogP) is 4.12. The maximum atomic E-state index is 12.2. The summed E-state index contributed by atoms with van der Waals surface area (Å²) in [4.78, 5) is 14.7. The molecule has 1 N–H and O–H groups in total. The lowest BCUT2D eigenvalue weighted by molar-refractivity contribution is -0.115. The fourth-order valence-corrected chi connectivity index (χ4v) is 3.74. The average molecular weight is 459 g/mol. The van der Waals surface area contributed by atoms with Gasteiger partial charge in [0.15, 0.2) is 5.17 Å². The maximum Gasteiger partial charge on any atom is 0.264 e. The van der Waals surface area contributed by atoms with Crippen molar-refractivity contribution >= 4 is 56.7 Å². The van der Waals surface area contributed by atoms with Gasteiger partial charge in [0.1, 0.15) is 5.75 Å². The van der Waals surface area contributed by atoms with Gasteiger partial charge in [0, 0.05) is 19.8 Å². The molecule has 3 rings (SSSR count). The lowest BCUT2D eigenvalue weighted by atomic mass is 10.2. The number of ether oxygens (including phenoxy) is 1. The largest absolute Gasteiger partial charge is 0.496 e. The molecule has 0 atom stereocenters. The SMILES string of the molecule is COc1ccc(/C=C2/S/C(=N/N=C/c3ccc(N(C)C)cc3)NC2=O)cc1Br. The van der Waals surface area contributed by atoms with Crippen molar-refractivity contribution in [1.29, 1.82) is 0 Å². The molecule has 2 aromatic rings. The van der Waals surface area contributed by atoms with Gasteiger partial charge in [0.2, 0.25) is 0 Å². The number of carbonyl (C=O) groups excluding carboxylic acids is 1. The number of rotatable bonds is 5. The summed E-state index contributed by atoms with van der Waals surface area (Å²) in [5.74, 6) is 0.544. The first-order valence-electron chi connectivity index (χ1n) is 8.39. The molecule has 0 bridgehead atoms. The zero-order valence-electron chi connectivity index (χ0n) is 15.6. The highest BCUT2D eigenvalue weighted by Crippen LogP contribution is 2.30. The van der Waals surface area contributed by atoms with Crippen molar-refractivity contribution in [3.63, 3.8) is 0 Å². The van der Waals surface area contributed by atoms with Crippen LogP contribution in [0.2, 0.25) is 0 Å². The molecule has 0 unspecified atom stereocenters. The third-order valence-electron chi connectivity index (χ3n) is 3.89. The van der Waals surface area contributed by atoms with Crippen molar-refractivity contribution in [2.75, 3.05) is 26.1 Å². The van der Waals surface area contributed by atoms with Gasteiger partial charge in [-0.15, -0.1) is 5.10 Å². The van der Waals surface area contributed by atoms with Crippen molar-refractivity contribution in [3.05, 3.63) is 63.0 Å². The number of carbonyl (C=O) groups is 1. The second kappa shape index (κ2) is 9.07. The Kier molecular flexibility index (Phi) is 6.53. The second-order valence-corrected chi connectivity index (χ2v) is 7.98. The van der Waals surface area contributed by atoms with E-state index in [0.717, 1.165) is 27.0 Å². The minimum absolute atomic E-state index is 0.193. The van der Waals surface area contributed by atoms with Crippen LogP contribution in [0.5, 0.6) is 5.75 Å². The van der Waals surface area contributed by atoms with E-state index in [1.807, 2.05) is 61.5 Å². The fourth-order valence-electron chi connectivity index (χ4n) is 2.41. The molecule has 1 saturated heterocycles. The van der Waals surface area contributed by atoms with Crippen LogP contribution in [0.3, 0.4) is 0 Å². The van der Waals surface area contributed by atoms with Gasteiger partial charge in [0.05, 0.1) is 22.7 Å². The number of halogens is 1. The highest BCUT2D eigenvalue weighted by molar-refractivity contribution is 9.10. The summed E-state index contributed by atoms with van der Waals surface area (Å²) in [5, 5.41) is 11.3. The van der Waals surface area contributed by atoms with Crippen LogP contribution in [0.15, 0.2) is 62.0 Å². The van der Waals surface area contributed by atoms with Gasteiger partial charge in [-0.2, -0.15) is 5.10 Å². The number of nitrogens with zero attached hydrogens (tertiary/aromatic N) is 3. The zero-order chi connectivity index (χ0) is 20.1. The molecule has 0 saturated carbocycles. The molecular weight excluding hydrogens is 440 g/mol. The van der Waals surface area contributed by atoms with E-state index in [9.17, 15) is 4.79 Å². The number of hydrogen-bond donors (Lipinski definition) is 1. The first-order valence-corrected chi connectivity index (χ1v) is 10.00. The highest BCUT2D eigenvalue weighted by Gasteiger charge is 2.23. The number of anilines is 1. The molecule has 1 heterocycles. The summed E-state index contributed by atoms with van der Waals surface area (Å²) in [7, 11) is 5.59. The maximum absolute atomic E-state index is 12.2. The minimum atomic E-state index is -0.193. The molecule has 6 nitrogen and oxygen atoms in total. The smallest absolute Gasteiger partial charge is 0.264 e. The molecule has 1 aliphatic rings. The van der Waals surface area contributed by atoms with E-state index in [1.54, 1.807) is 19.4 Å². The van der Waals surface area contributed by atoms with E-state index < -0.39 is 0 Å². The first kappa shape index (κ1) is 20.2. The van der Waals surface area contributed by atoms with Crippen LogP contribution in [0, 0.1) is 0 Å². The van der Waals surface area contributed by atoms with Crippen LogP contribution < -0.4 is 15.0 Å². The second-order valence-electron chi connectivity index (χ2n) is 6.09. The molecule has 0 aliphatic carbocycles. The van der Waals surface area contributed by atoms with Crippen molar-refractivity contribution in [2.24, 2.45) is 10.2 Å². The van der Waals surface area contributed by atoms with E-state index in [-0.39, 0.29) is 5.91 Å². The van der Waals surface area contributed by atoms with Crippen molar-refractivity contribution < 1.29 is 9.53 Å². The molecule has 1 amide bonds. The van der Waals surface area contributed by atoms with Gasteiger partial charge < -0.3 is 9.64 Å². The van der Waals surface area contributed by atoms with Gasteiger partial charge in [-0.1, -0.05) is 18.2 Å². The fraction of sp³-hybridized carbons (Fsp3) is 0.150. The number of hydrogen-bond acceptors (Lipinski definition) is 6. The van der Waals surface area contributed by atoms with Crippen LogP contribution in [-0.2, 0) is 4.79 Å². The van der Waals surface area contributed by atoms with Gasteiger partial charge >= 0.3 is 0 Å². The zero-order valence-corrected chi connectivity index (χ0v) is 18.0. The lowest BCUT2D eigenvalue weighted by Crippen LogP contribution is -2.19. The number of thioether (sulfide) groups is 1.